The Morgan fingerprint density at radius 1 is 0.723 bits per heavy atom. The molecule has 0 aromatic heterocycles. The summed E-state index contributed by atoms with van der Waals surface area (Å²) in [7, 11) is -16.9. The van der Waals surface area contributed by atoms with Crippen LogP contribution in [0.25, 0.3) is 21.5 Å². The molecule has 0 spiro atoms. The molecule has 17 heteroatoms. The number of sulfone groups is 1. The van der Waals surface area contributed by atoms with Crippen molar-refractivity contribution < 1.29 is 51.9 Å². The lowest BCUT2D eigenvalue weighted by Gasteiger charge is -2.28. The molecule has 0 fully saturated rings. The van der Waals surface area contributed by atoms with Crippen LogP contribution in [0.3, 0.4) is 0 Å². The lowest BCUT2D eigenvalue weighted by atomic mass is 9.77. The number of aryl methyl sites for hydroxylation is 1. The molecule has 1 aliphatic carbocycles. The standard InChI is InChI=1S/C48H58N2O11S4/c1-30-12-18-38-35(28-30)13-20-40-44(38)47(4,5)42(49(40)26-24-31(2)63(53,54)55)22-15-33-10-9-11-34(46(33)62(8,51)52)16-23-43-48(6,7)45-39-19-17-37(65(59,60)61)29-36(39)14-21-41(45)50(43)27-25-32(3)64(56,57)58/h12-14,16-21,23,28-29,31-32H,9-11,15,22,24-27H2,1-8H3,(H2-,53,54,55,56,57,58,59,60,61)/p+1/b34-16?,43-23+. The van der Waals surface area contributed by atoms with Gasteiger partial charge in [0.25, 0.3) is 30.4 Å². The van der Waals surface area contributed by atoms with Gasteiger partial charge < -0.3 is 4.90 Å². The van der Waals surface area contributed by atoms with Gasteiger partial charge in [-0.2, -0.15) is 29.8 Å². The van der Waals surface area contributed by atoms with Crippen LogP contribution in [0.5, 0.6) is 0 Å². The van der Waals surface area contributed by atoms with Crippen molar-refractivity contribution in [3.63, 3.8) is 0 Å². The summed E-state index contributed by atoms with van der Waals surface area (Å²) in [5.74, 6) is 0. The maximum atomic E-state index is 13.9. The number of fused-ring (bicyclic) bond motifs is 6. The predicted molar refractivity (Wildman–Crippen MR) is 258 cm³/mol. The molecule has 7 rings (SSSR count). The van der Waals surface area contributed by atoms with Gasteiger partial charge >= 0.3 is 0 Å². The Morgan fingerprint density at radius 2 is 1.34 bits per heavy atom. The topological polar surface area (TPSA) is 203 Å². The Labute approximate surface area is 383 Å². The van der Waals surface area contributed by atoms with E-state index in [9.17, 15) is 47.3 Å². The minimum atomic E-state index is -4.48. The summed E-state index contributed by atoms with van der Waals surface area (Å²) in [6.45, 7) is 13.8. The molecule has 0 amide bonds. The molecule has 2 heterocycles. The summed E-state index contributed by atoms with van der Waals surface area (Å²) >= 11 is 0. The monoisotopic (exact) mass is 967 g/mol. The highest BCUT2D eigenvalue weighted by Gasteiger charge is 2.47. The Bertz CT molecular complexity index is 3240. The summed E-state index contributed by atoms with van der Waals surface area (Å²) in [5, 5.41) is 1.39. The number of benzene rings is 4. The molecule has 65 heavy (non-hydrogen) atoms. The molecule has 4 aromatic carbocycles. The molecule has 3 N–H and O–H groups in total. The van der Waals surface area contributed by atoms with Crippen molar-refractivity contribution in [2.45, 2.75) is 120 Å². The highest BCUT2D eigenvalue weighted by molar-refractivity contribution is 7.94. The number of nitrogens with zero attached hydrogens (tertiary/aromatic N) is 2. The molecule has 13 nitrogen and oxygen atoms in total. The van der Waals surface area contributed by atoms with Gasteiger partial charge in [0, 0.05) is 54.1 Å². The Morgan fingerprint density at radius 3 is 1.98 bits per heavy atom. The van der Waals surface area contributed by atoms with Crippen LogP contribution in [-0.2, 0) is 51.0 Å². The van der Waals surface area contributed by atoms with Crippen LogP contribution in [0.4, 0.5) is 11.4 Å². The Hall–Kier alpha value is -4.23. The quantitative estimate of drug-likeness (QED) is 0.0800. The van der Waals surface area contributed by atoms with E-state index in [-0.39, 0.29) is 29.2 Å². The third kappa shape index (κ3) is 9.39. The third-order valence-electron chi connectivity index (χ3n) is 13.8. The van der Waals surface area contributed by atoms with Gasteiger partial charge in [-0.25, -0.2) is 8.42 Å². The fourth-order valence-electron chi connectivity index (χ4n) is 10.3. The first-order valence-corrected chi connectivity index (χ1v) is 28.1. The molecule has 2 atom stereocenters. The minimum Gasteiger partial charge on any atom is -0.344 e. The summed E-state index contributed by atoms with van der Waals surface area (Å²) in [5.41, 5.74) is 6.70. The highest BCUT2D eigenvalue weighted by atomic mass is 32.2. The van der Waals surface area contributed by atoms with Gasteiger partial charge in [0.05, 0.1) is 25.7 Å². The smallest absolute Gasteiger partial charge is 0.294 e. The van der Waals surface area contributed by atoms with Crippen molar-refractivity contribution in [2.24, 2.45) is 0 Å². The van der Waals surface area contributed by atoms with E-state index in [1.54, 1.807) is 12.1 Å². The number of allylic oxidation sites excluding steroid dienone is 5. The summed E-state index contributed by atoms with van der Waals surface area (Å²) in [6.07, 6.45) is 7.87. The molecule has 0 radical (unpaired) electrons. The van der Waals surface area contributed by atoms with Crippen LogP contribution in [0, 0.1) is 6.92 Å². The van der Waals surface area contributed by atoms with Gasteiger partial charge in [0.2, 0.25) is 5.69 Å². The first-order valence-electron chi connectivity index (χ1n) is 21.8. The Kier molecular flexibility index (Phi) is 12.8. The first kappa shape index (κ1) is 48.7. The fraction of sp³-hybridized carbons (Fsp3) is 0.438. The average Bonchev–Trinajstić information content (AvgIpc) is 3.56. The van der Waals surface area contributed by atoms with E-state index in [4.69, 9.17) is 0 Å². The maximum Gasteiger partial charge on any atom is 0.294 e. The molecule has 2 aliphatic heterocycles. The lowest BCUT2D eigenvalue weighted by Crippen LogP contribution is -2.31. The zero-order valence-electron chi connectivity index (χ0n) is 38.1. The van der Waals surface area contributed by atoms with E-state index in [1.807, 2.05) is 43.9 Å². The van der Waals surface area contributed by atoms with E-state index in [2.05, 4.69) is 48.8 Å². The van der Waals surface area contributed by atoms with Crippen LogP contribution < -0.4 is 4.90 Å². The number of rotatable bonds is 14. The van der Waals surface area contributed by atoms with Crippen molar-refractivity contribution in [1.82, 2.24) is 0 Å². The fourth-order valence-corrected chi connectivity index (χ4v) is 13.0. The highest BCUT2D eigenvalue weighted by Crippen LogP contribution is 2.52. The molecule has 0 saturated heterocycles. The van der Waals surface area contributed by atoms with Gasteiger partial charge in [0.15, 0.2) is 15.5 Å². The minimum absolute atomic E-state index is 0.0703. The van der Waals surface area contributed by atoms with Gasteiger partial charge in [-0.05, 0) is 130 Å². The summed E-state index contributed by atoms with van der Waals surface area (Å²) in [6, 6.07) is 18.4. The van der Waals surface area contributed by atoms with Crippen molar-refractivity contribution in [3.8, 4) is 0 Å². The second kappa shape index (κ2) is 17.1. The molecular weight excluding hydrogens is 909 g/mol. The summed E-state index contributed by atoms with van der Waals surface area (Å²) < 4.78 is 132. The molecule has 0 bridgehead atoms. The molecule has 4 aromatic rings. The van der Waals surface area contributed by atoms with E-state index in [1.165, 1.54) is 32.2 Å². The maximum absolute atomic E-state index is 13.9. The van der Waals surface area contributed by atoms with Gasteiger partial charge in [-0.1, -0.05) is 61.4 Å². The van der Waals surface area contributed by atoms with Crippen LogP contribution in [0.2, 0.25) is 0 Å². The Balaban J connectivity index is 1.31. The van der Waals surface area contributed by atoms with E-state index in [0.29, 0.717) is 49.6 Å². The van der Waals surface area contributed by atoms with Crippen LogP contribution in [0.1, 0.15) is 103 Å². The SMILES string of the molecule is Cc1ccc2c3c(ccc2c1)[N+](CCC(C)S(=O)(=O)O)=C(CCC1=C(S(C)(=O)=O)C(=C/C=C2/N(CCC(C)S(=O)(=O)O)c4ccc5cc(S(=O)(=O)O)ccc5c4C2(C)C)CCC1)C3(C)C. The number of anilines is 1. The third-order valence-corrected chi connectivity index (χ3v) is 18.4. The van der Waals surface area contributed by atoms with Crippen molar-refractivity contribution in [1.29, 1.82) is 0 Å². The first-order chi connectivity index (χ1) is 30.0. The molecule has 350 valence electrons. The van der Waals surface area contributed by atoms with Crippen molar-refractivity contribution >= 4 is 78.8 Å². The molecule has 3 aliphatic rings. The van der Waals surface area contributed by atoms with Crippen LogP contribution in [0.15, 0.2) is 99.5 Å². The van der Waals surface area contributed by atoms with Gasteiger partial charge in [-0.3, -0.25) is 13.7 Å². The second-order valence-corrected chi connectivity index (χ2v) is 26.1. The van der Waals surface area contributed by atoms with E-state index >= 15 is 0 Å². The predicted octanol–water partition coefficient (Wildman–Crippen LogP) is 9.13. The average molecular weight is 968 g/mol. The van der Waals surface area contributed by atoms with Crippen molar-refractivity contribution in [3.05, 3.63) is 111 Å². The van der Waals surface area contributed by atoms with E-state index in [0.717, 1.165) is 61.2 Å². The lowest BCUT2D eigenvalue weighted by molar-refractivity contribution is -0.440. The van der Waals surface area contributed by atoms with Gasteiger partial charge in [0.1, 0.15) is 6.54 Å². The van der Waals surface area contributed by atoms with Crippen LogP contribution in [-0.4, -0.2) is 87.5 Å². The molecular formula is C48H59N2O11S4+. The second-order valence-electron chi connectivity index (χ2n) is 19.0. The molecule has 2 unspecified atom stereocenters. The summed E-state index contributed by atoms with van der Waals surface area (Å²) in [4.78, 5) is 2.00. The van der Waals surface area contributed by atoms with Gasteiger partial charge in [-0.15, -0.1) is 0 Å². The zero-order chi connectivity index (χ0) is 47.8. The molecule has 0 saturated carbocycles. The van der Waals surface area contributed by atoms with Crippen LogP contribution >= 0.6 is 0 Å². The largest absolute Gasteiger partial charge is 0.344 e. The normalized spacial score (nSPS) is 20.0. The number of hydrogen-bond acceptors (Lipinski definition) is 9. The van der Waals surface area contributed by atoms with Crippen molar-refractivity contribution in [2.75, 3.05) is 24.2 Å². The number of hydrogen-bond donors (Lipinski definition) is 3. The zero-order valence-corrected chi connectivity index (χ0v) is 41.3. The van der Waals surface area contributed by atoms with E-state index < -0.39 is 61.5 Å².